The summed E-state index contributed by atoms with van der Waals surface area (Å²) in [7, 11) is 0. The quantitative estimate of drug-likeness (QED) is 0.632. The van der Waals surface area contributed by atoms with Crippen LogP contribution in [0, 0.1) is 45.3 Å². The Hall–Kier alpha value is -3.88. The minimum Gasteiger partial charge on any atom is -0.397 e. The summed E-state index contributed by atoms with van der Waals surface area (Å²) in [5, 5.41) is 35.2. The smallest absolute Gasteiger partial charge is 0.132 e. The number of nitriles is 4. The molecule has 22 heavy (non-hydrogen) atoms. The van der Waals surface area contributed by atoms with Crippen LogP contribution in [0.5, 0.6) is 0 Å². The highest BCUT2D eigenvalue weighted by Gasteiger charge is 2.12. The summed E-state index contributed by atoms with van der Waals surface area (Å²) in [6.45, 7) is 0. The Morgan fingerprint density at radius 3 is 1.45 bits per heavy atom. The van der Waals surface area contributed by atoms with Gasteiger partial charge in [0, 0.05) is 0 Å². The second-order valence-electron chi connectivity index (χ2n) is 3.95. The summed E-state index contributed by atoms with van der Waals surface area (Å²) >= 11 is 0. The van der Waals surface area contributed by atoms with Crippen molar-refractivity contribution >= 4 is 34.2 Å². The minimum absolute atomic E-state index is 0.0601. The molecular weight excluding hydrogens is 280 g/mol. The Morgan fingerprint density at radius 1 is 0.818 bits per heavy atom. The fraction of sp³-hybridized carbons (Fsp3) is 0.143. The van der Waals surface area contributed by atoms with Gasteiger partial charge in [0.15, 0.2) is 0 Å². The molecule has 0 bridgehead atoms. The van der Waals surface area contributed by atoms with Gasteiger partial charge in [-0.25, -0.2) is 9.98 Å². The first kappa shape index (κ1) is 16.2. The van der Waals surface area contributed by atoms with Gasteiger partial charge in [0.05, 0.1) is 36.4 Å². The van der Waals surface area contributed by atoms with Crippen LogP contribution in [-0.4, -0.2) is 11.4 Å². The van der Waals surface area contributed by atoms with Gasteiger partial charge >= 0.3 is 0 Å². The van der Waals surface area contributed by atoms with E-state index in [0.29, 0.717) is 0 Å². The third kappa shape index (κ3) is 3.81. The van der Waals surface area contributed by atoms with E-state index in [-0.39, 0.29) is 47.0 Å². The molecule has 0 aliphatic heterocycles. The highest BCUT2D eigenvalue weighted by molar-refractivity contribution is 6.06. The lowest BCUT2D eigenvalue weighted by Gasteiger charge is -2.08. The highest BCUT2D eigenvalue weighted by Crippen LogP contribution is 2.39. The highest BCUT2D eigenvalue weighted by atomic mass is 14.9. The monoisotopic (exact) mass is 290 g/mol. The van der Waals surface area contributed by atoms with Crippen molar-refractivity contribution in [3.63, 3.8) is 0 Å². The zero-order valence-corrected chi connectivity index (χ0v) is 11.4. The Labute approximate surface area is 126 Å². The van der Waals surface area contributed by atoms with E-state index < -0.39 is 0 Å². The van der Waals surface area contributed by atoms with Gasteiger partial charge in [0.1, 0.15) is 34.9 Å². The van der Waals surface area contributed by atoms with Gasteiger partial charge in [-0.05, 0) is 12.1 Å². The van der Waals surface area contributed by atoms with E-state index in [1.165, 1.54) is 12.1 Å². The molecule has 1 rings (SSSR count). The Bertz CT molecular complexity index is 736. The third-order valence-electron chi connectivity index (χ3n) is 2.46. The number of anilines is 2. The maximum atomic E-state index is 8.95. The predicted molar refractivity (Wildman–Crippen MR) is 81.1 cm³/mol. The number of aliphatic imine (C=N–C) groups is 2. The number of hydrogen-bond acceptors (Lipinski definition) is 8. The molecule has 106 valence electrons. The minimum atomic E-state index is -0.197. The summed E-state index contributed by atoms with van der Waals surface area (Å²) in [5.74, 6) is 0. The summed E-state index contributed by atoms with van der Waals surface area (Å²) in [5.41, 5.74) is 12.1. The van der Waals surface area contributed by atoms with E-state index in [1.807, 2.05) is 12.1 Å². The van der Waals surface area contributed by atoms with Crippen LogP contribution < -0.4 is 11.5 Å². The SMILES string of the molecule is N#CCC(C#N)=Nc1c(N)ccc(N)c1N=C(C#N)CC#N. The number of nitrogens with two attached hydrogens (primary N) is 2. The van der Waals surface area contributed by atoms with Crippen molar-refractivity contribution in [2.75, 3.05) is 11.5 Å². The van der Waals surface area contributed by atoms with Crippen molar-refractivity contribution in [2.24, 2.45) is 9.98 Å². The Kier molecular flexibility index (Phi) is 5.62. The van der Waals surface area contributed by atoms with Gasteiger partial charge in [0.25, 0.3) is 0 Å². The second kappa shape index (κ2) is 7.65. The molecule has 0 spiro atoms. The van der Waals surface area contributed by atoms with Gasteiger partial charge in [-0.15, -0.1) is 0 Å². The number of nitrogen functional groups attached to an aromatic ring is 2. The molecule has 8 nitrogen and oxygen atoms in total. The van der Waals surface area contributed by atoms with E-state index in [9.17, 15) is 0 Å². The standard InChI is InChI=1S/C14H10N8/c15-5-3-9(7-17)21-13-11(19)1-2-12(20)14(13)22-10(8-18)4-6-16/h1-2H,3-4,19-20H2. The van der Waals surface area contributed by atoms with Crippen LogP contribution in [-0.2, 0) is 0 Å². The summed E-state index contributed by atoms with van der Waals surface area (Å²) < 4.78 is 0. The zero-order chi connectivity index (χ0) is 16.5. The number of rotatable bonds is 4. The summed E-state index contributed by atoms with van der Waals surface area (Å²) in [6, 6.07) is 10.1. The molecule has 4 N–H and O–H groups in total. The fourth-order valence-electron chi connectivity index (χ4n) is 1.47. The van der Waals surface area contributed by atoms with E-state index in [2.05, 4.69) is 9.98 Å². The van der Waals surface area contributed by atoms with Crippen molar-refractivity contribution in [3.05, 3.63) is 12.1 Å². The van der Waals surface area contributed by atoms with Crippen LogP contribution in [0.2, 0.25) is 0 Å². The molecule has 0 aliphatic rings. The molecule has 0 atom stereocenters. The molecule has 0 aliphatic carbocycles. The van der Waals surface area contributed by atoms with Crippen molar-refractivity contribution in [1.82, 2.24) is 0 Å². The maximum Gasteiger partial charge on any atom is 0.132 e. The average Bonchev–Trinajstić information content (AvgIpc) is 2.52. The topological polar surface area (TPSA) is 172 Å². The van der Waals surface area contributed by atoms with Gasteiger partial charge in [-0.2, -0.15) is 21.0 Å². The molecule has 0 saturated carbocycles. The van der Waals surface area contributed by atoms with Gasteiger partial charge in [-0.3, -0.25) is 0 Å². The first-order valence-corrected chi connectivity index (χ1v) is 5.94. The molecule has 8 heteroatoms. The average molecular weight is 290 g/mol. The van der Waals surface area contributed by atoms with E-state index >= 15 is 0 Å². The van der Waals surface area contributed by atoms with Crippen LogP contribution in [0.25, 0.3) is 0 Å². The molecule has 1 aromatic rings. The number of hydrogen-bond donors (Lipinski definition) is 2. The van der Waals surface area contributed by atoms with Crippen LogP contribution in [0.3, 0.4) is 0 Å². The first-order valence-electron chi connectivity index (χ1n) is 5.94. The van der Waals surface area contributed by atoms with Crippen molar-refractivity contribution in [1.29, 1.82) is 21.0 Å². The number of benzene rings is 1. The van der Waals surface area contributed by atoms with Crippen LogP contribution >= 0.6 is 0 Å². The first-order chi connectivity index (χ1) is 10.6. The van der Waals surface area contributed by atoms with Crippen LogP contribution in [0.15, 0.2) is 22.1 Å². The van der Waals surface area contributed by atoms with Gasteiger partial charge in [-0.1, -0.05) is 0 Å². The van der Waals surface area contributed by atoms with Crippen LogP contribution in [0.1, 0.15) is 12.8 Å². The predicted octanol–water partition coefficient (Wildman–Crippen LogP) is 1.87. The number of nitrogens with zero attached hydrogens (tertiary/aromatic N) is 6. The molecule has 0 fully saturated rings. The van der Waals surface area contributed by atoms with E-state index in [1.54, 1.807) is 12.1 Å². The fourth-order valence-corrected chi connectivity index (χ4v) is 1.47. The maximum absolute atomic E-state index is 8.95. The lowest BCUT2D eigenvalue weighted by atomic mass is 10.2. The summed E-state index contributed by atoms with van der Waals surface area (Å²) in [4.78, 5) is 8.01. The third-order valence-corrected chi connectivity index (χ3v) is 2.46. The van der Waals surface area contributed by atoms with E-state index in [0.717, 1.165) is 0 Å². The van der Waals surface area contributed by atoms with Gasteiger partial charge in [0.2, 0.25) is 0 Å². The molecular formula is C14H10N8. The Morgan fingerprint density at radius 2 is 1.18 bits per heavy atom. The lowest BCUT2D eigenvalue weighted by molar-refractivity contribution is 1.35. The Balaban J connectivity index is 3.57. The largest absolute Gasteiger partial charge is 0.397 e. The summed E-state index contributed by atoms with van der Waals surface area (Å²) in [6.07, 6.45) is -0.394. The lowest BCUT2D eigenvalue weighted by Crippen LogP contribution is -1.97. The van der Waals surface area contributed by atoms with Gasteiger partial charge < -0.3 is 11.5 Å². The molecule has 1 aromatic carbocycles. The van der Waals surface area contributed by atoms with Crippen LogP contribution in [0.4, 0.5) is 22.7 Å². The molecule has 0 radical (unpaired) electrons. The normalized spacial score (nSPS) is 10.9. The zero-order valence-electron chi connectivity index (χ0n) is 11.4. The molecule has 0 aromatic heterocycles. The van der Waals surface area contributed by atoms with Crippen molar-refractivity contribution in [3.8, 4) is 24.3 Å². The van der Waals surface area contributed by atoms with E-state index in [4.69, 9.17) is 32.5 Å². The second-order valence-corrected chi connectivity index (χ2v) is 3.95. The van der Waals surface area contributed by atoms with Crippen molar-refractivity contribution in [2.45, 2.75) is 12.8 Å². The van der Waals surface area contributed by atoms with Crippen molar-refractivity contribution < 1.29 is 0 Å². The molecule has 0 saturated heterocycles. The molecule has 0 amide bonds. The molecule has 0 unspecified atom stereocenters. The molecule has 0 heterocycles.